The van der Waals surface area contributed by atoms with Crippen LogP contribution in [0.25, 0.3) is 0 Å². The zero-order chi connectivity index (χ0) is 15.4. The molecule has 2 aliphatic heterocycles. The fraction of sp³-hybridized carbons (Fsp3) is 0.588. The monoisotopic (exact) mass is 304 g/mol. The Labute approximate surface area is 131 Å². The second-order valence-corrected chi connectivity index (χ2v) is 6.23. The highest BCUT2D eigenvalue weighted by atomic mass is 16.5. The topological polar surface area (TPSA) is 50.8 Å². The van der Waals surface area contributed by atoms with E-state index in [0.717, 1.165) is 31.7 Å². The molecule has 1 amide bonds. The van der Waals surface area contributed by atoms with Crippen LogP contribution >= 0.6 is 0 Å². The zero-order valence-electron chi connectivity index (χ0n) is 13.0. The Morgan fingerprint density at radius 1 is 1.36 bits per heavy atom. The van der Waals surface area contributed by atoms with Crippen molar-refractivity contribution in [2.45, 2.75) is 38.1 Å². The normalized spacial score (nSPS) is 28.3. The number of amides is 1. The Hall–Kier alpha value is -1.43. The molecule has 1 N–H and O–H groups in total. The summed E-state index contributed by atoms with van der Waals surface area (Å²) in [7, 11) is 0. The summed E-state index contributed by atoms with van der Waals surface area (Å²) in [5.41, 5.74) is 1.08. The average Bonchev–Trinajstić information content (AvgIpc) is 2.89. The van der Waals surface area contributed by atoms with E-state index in [1.54, 1.807) is 0 Å². The molecule has 22 heavy (non-hydrogen) atoms. The first-order valence-electron chi connectivity index (χ1n) is 7.97. The molecule has 0 unspecified atom stereocenters. The van der Waals surface area contributed by atoms with E-state index in [4.69, 9.17) is 9.47 Å². The molecule has 0 spiro atoms. The first-order chi connectivity index (χ1) is 10.7. The van der Waals surface area contributed by atoms with E-state index in [1.165, 1.54) is 0 Å². The number of benzene rings is 1. The minimum Gasteiger partial charge on any atom is -0.376 e. The van der Waals surface area contributed by atoms with Gasteiger partial charge in [0.05, 0.1) is 19.3 Å². The molecule has 3 atom stereocenters. The summed E-state index contributed by atoms with van der Waals surface area (Å²) in [5, 5.41) is 3.08. The molecule has 2 heterocycles. The summed E-state index contributed by atoms with van der Waals surface area (Å²) in [5.74, 6) is -0.0326. The van der Waals surface area contributed by atoms with Crippen molar-refractivity contribution in [2.75, 3.05) is 26.3 Å². The third-order valence-electron chi connectivity index (χ3n) is 4.30. The Balaban J connectivity index is 1.37. The van der Waals surface area contributed by atoms with Crippen LogP contribution < -0.4 is 5.32 Å². The number of rotatable bonds is 5. The van der Waals surface area contributed by atoms with Gasteiger partial charge >= 0.3 is 0 Å². The van der Waals surface area contributed by atoms with E-state index in [9.17, 15) is 4.79 Å². The van der Waals surface area contributed by atoms with Crippen LogP contribution in [0.4, 0.5) is 0 Å². The summed E-state index contributed by atoms with van der Waals surface area (Å²) in [6, 6.07) is 10.6. The van der Waals surface area contributed by atoms with Crippen molar-refractivity contribution in [2.24, 2.45) is 0 Å². The Morgan fingerprint density at radius 3 is 3.00 bits per heavy atom. The van der Waals surface area contributed by atoms with Gasteiger partial charge in [0, 0.05) is 25.2 Å². The minimum atomic E-state index is -0.0326. The van der Waals surface area contributed by atoms with Crippen molar-refractivity contribution in [1.29, 1.82) is 0 Å². The number of hydrogen-bond acceptors (Lipinski definition) is 4. The van der Waals surface area contributed by atoms with Crippen molar-refractivity contribution in [1.82, 2.24) is 10.2 Å². The van der Waals surface area contributed by atoms with E-state index < -0.39 is 0 Å². The molecule has 5 heteroatoms. The highest BCUT2D eigenvalue weighted by Crippen LogP contribution is 2.23. The van der Waals surface area contributed by atoms with Crippen LogP contribution in [-0.4, -0.2) is 55.3 Å². The van der Waals surface area contributed by atoms with Gasteiger partial charge in [-0.25, -0.2) is 0 Å². The molecule has 5 nitrogen and oxygen atoms in total. The molecule has 0 saturated carbocycles. The predicted molar refractivity (Wildman–Crippen MR) is 83.4 cm³/mol. The van der Waals surface area contributed by atoms with E-state index in [-0.39, 0.29) is 18.6 Å². The van der Waals surface area contributed by atoms with Gasteiger partial charge in [-0.3, -0.25) is 9.69 Å². The average molecular weight is 304 g/mol. The first kappa shape index (κ1) is 15.5. The van der Waals surface area contributed by atoms with Crippen LogP contribution in [-0.2, 0) is 20.9 Å². The zero-order valence-corrected chi connectivity index (χ0v) is 13.0. The molecule has 3 rings (SSSR count). The van der Waals surface area contributed by atoms with E-state index in [0.29, 0.717) is 18.8 Å². The molecule has 0 aliphatic carbocycles. The fourth-order valence-electron chi connectivity index (χ4n) is 3.25. The first-order valence-corrected chi connectivity index (χ1v) is 7.97. The van der Waals surface area contributed by atoms with Gasteiger partial charge in [0.25, 0.3) is 0 Å². The van der Waals surface area contributed by atoms with Gasteiger partial charge in [-0.2, -0.15) is 0 Å². The lowest BCUT2D eigenvalue weighted by Crippen LogP contribution is -2.45. The largest absolute Gasteiger partial charge is 0.376 e. The number of hydrogen-bond donors (Lipinski definition) is 1. The Kier molecular flexibility index (Phi) is 5.08. The molecule has 0 bridgehead atoms. The van der Waals surface area contributed by atoms with E-state index >= 15 is 0 Å². The van der Waals surface area contributed by atoms with Gasteiger partial charge in [-0.15, -0.1) is 0 Å². The summed E-state index contributed by atoms with van der Waals surface area (Å²) in [4.78, 5) is 14.4. The molecule has 2 saturated heterocycles. The van der Waals surface area contributed by atoms with Crippen molar-refractivity contribution in [3.8, 4) is 0 Å². The lowest BCUT2D eigenvalue weighted by atomic mass is 10.1. The highest BCUT2D eigenvalue weighted by molar-refractivity contribution is 5.77. The quantitative estimate of drug-likeness (QED) is 0.887. The summed E-state index contributed by atoms with van der Waals surface area (Å²) in [6.45, 7) is 5.34. The molecule has 0 radical (unpaired) electrons. The van der Waals surface area contributed by atoms with Gasteiger partial charge in [-0.05, 0) is 18.9 Å². The number of ether oxygens (including phenoxy) is 2. The van der Waals surface area contributed by atoms with Gasteiger partial charge < -0.3 is 14.8 Å². The third-order valence-corrected chi connectivity index (χ3v) is 4.30. The van der Waals surface area contributed by atoms with Crippen LogP contribution in [0.5, 0.6) is 0 Å². The van der Waals surface area contributed by atoms with Crippen LogP contribution in [0, 0.1) is 0 Å². The minimum absolute atomic E-state index is 0.0326. The summed E-state index contributed by atoms with van der Waals surface area (Å²) < 4.78 is 11.2. The maximum absolute atomic E-state index is 12.0. The lowest BCUT2D eigenvalue weighted by Gasteiger charge is -2.33. The maximum Gasteiger partial charge on any atom is 0.246 e. The molecule has 1 aromatic carbocycles. The van der Waals surface area contributed by atoms with Crippen molar-refractivity contribution < 1.29 is 14.3 Å². The third kappa shape index (κ3) is 4.06. The van der Waals surface area contributed by atoms with Gasteiger partial charge in [0.1, 0.15) is 6.61 Å². The Morgan fingerprint density at radius 2 is 2.18 bits per heavy atom. The highest BCUT2D eigenvalue weighted by Gasteiger charge is 2.36. The van der Waals surface area contributed by atoms with Gasteiger partial charge in [0.2, 0.25) is 5.91 Å². The molecule has 1 aromatic rings. The number of morpholine rings is 1. The standard InChI is InChI=1S/C17H24N2O3/c1-13-8-19-9-15(7-16(19)11-22-13)18-17(20)12-21-10-14-5-3-2-4-6-14/h2-6,13,15-16H,7-12H2,1H3,(H,18,20)/t13-,15-,16-/m0/s1. The van der Waals surface area contributed by atoms with E-state index in [1.807, 2.05) is 30.3 Å². The smallest absolute Gasteiger partial charge is 0.246 e. The van der Waals surface area contributed by atoms with Gasteiger partial charge in [-0.1, -0.05) is 30.3 Å². The number of carbonyl (C=O) groups is 1. The fourth-order valence-corrected chi connectivity index (χ4v) is 3.25. The van der Waals surface area contributed by atoms with E-state index in [2.05, 4.69) is 17.1 Å². The van der Waals surface area contributed by atoms with Crippen LogP contribution in [0.1, 0.15) is 18.9 Å². The SMILES string of the molecule is C[C@H]1CN2C[C@@H](NC(=O)COCc3ccccc3)C[C@H]2CO1. The molecule has 0 aromatic heterocycles. The Bertz CT molecular complexity index is 494. The second-order valence-electron chi connectivity index (χ2n) is 6.23. The summed E-state index contributed by atoms with van der Waals surface area (Å²) >= 11 is 0. The number of carbonyl (C=O) groups excluding carboxylic acids is 1. The molecular weight excluding hydrogens is 280 g/mol. The molecule has 2 aliphatic rings. The van der Waals surface area contributed by atoms with Crippen molar-refractivity contribution in [3.05, 3.63) is 35.9 Å². The predicted octanol–water partition coefficient (Wildman–Crippen LogP) is 1.18. The molecule has 2 fully saturated rings. The van der Waals surface area contributed by atoms with Crippen LogP contribution in [0.15, 0.2) is 30.3 Å². The van der Waals surface area contributed by atoms with Crippen LogP contribution in [0.2, 0.25) is 0 Å². The summed E-state index contributed by atoms with van der Waals surface area (Å²) in [6.07, 6.45) is 1.26. The number of fused-ring (bicyclic) bond motifs is 1. The molecular formula is C17H24N2O3. The lowest BCUT2D eigenvalue weighted by molar-refractivity contribution is -0.126. The maximum atomic E-state index is 12.0. The number of nitrogens with one attached hydrogen (secondary N) is 1. The van der Waals surface area contributed by atoms with Crippen LogP contribution in [0.3, 0.4) is 0 Å². The van der Waals surface area contributed by atoms with Crippen molar-refractivity contribution >= 4 is 5.91 Å². The van der Waals surface area contributed by atoms with Gasteiger partial charge in [0.15, 0.2) is 0 Å². The number of nitrogens with zero attached hydrogens (tertiary/aromatic N) is 1. The molecule has 120 valence electrons. The second kappa shape index (κ2) is 7.22. The van der Waals surface area contributed by atoms with Crippen molar-refractivity contribution in [3.63, 3.8) is 0 Å².